The van der Waals surface area contributed by atoms with Crippen molar-refractivity contribution in [2.24, 2.45) is 0 Å². The third-order valence-corrected chi connectivity index (χ3v) is 7.85. The molecule has 30 heavy (non-hydrogen) atoms. The molecule has 0 unspecified atom stereocenters. The van der Waals surface area contributed by atoms with Crippen molar-refractivity contribution in [3.63, 3.8) is 0 Å². The first kappa shape index (κ1) is 27.0. The van der Waals surface area contributed by atoms with Gasteiger partial charge in [0.05, 0.1) is 0 Å². The van der Waals surface area contributed by atoms with E-state index in [-0.39, 0.29) is 18.6 Å². The minimum absolute atomic E-state index is 0.00251. The van der Waals surface area contributed by atoms with E-state index in [1.807, 2.05) is 27.7 Å². The smallest absolute Gasteiger partial charge is 0.377 e. The molecule has 0 atom stereocenters. The summed E-state index contributed by atoms with van der Waals surface area (Å²) in [6.07, 6.45) is 4.24. The van der Waals surface area contributed by atoms with Crippen molar-refractivity contribution in [2.75, 3.05) is 7.11 Å². The van der Waals surface area contributed by atoms with Crippen LogP contribution in [0.1, 0.15) is 71.8 Å². The third-order valence-electron chi connectivity index (χ3n) is 4.60. The molecule has 0 N–H and O–H groups in total. The average molecular weight is 457 g/mol. The molecule has 0 fully saturated rings. The van der Waals surface area contributed by atoms with Crippen LogP contribution in [0, 0.1) is 29.1 Å². The fourth-order valence-electron chi connectivity index (χ4n) is 3.28. The van der Waals surface area contributed by atoms with Crippen molar-refractivity contribution < 1.29 is 35.2 Å². The van der Waals surface area contributed by atoms with E-state index in [0.29, 0.717) is 18.9 Å². The van der Waals surface area contributed by atoms with Crippen LogP contribution in [0.3, 0.4) is 0 Å². The van der Waals surface area contributed by atoms with E-state index >= 15 is 0 Å². The van der Waals surface area contributed by atoms with E-state index in [1.54, 1.807) is 7.11 Å². The number of halogens is 5. The molecule has 0 bridgehead atoms. The van der Waals surface area contributed by atoms with Crippen molar-refractivity contribution in [1.82, 2.24) is 0 Å². The van der Waals surface area contributed by atoms with Crippen LogP contribution in [-0.4, -0.2) is 28.1 Å². The molecule has 0 saturated carbocycles. The van der Waals surface area contributed by atoms with Gasteiger partial charge in [-0.1, -0.05) is 25.7 Å². The second-order valence-corrected chi connectivity index (χ2v) is 10.6. The SMILES string of the molecule is CO[Si](CCCCCCCCc1c(F)c(F)c(F)c(F)c1F)(OC(C)C)OC(C)C. The fraction of sp³-hybridized carbons (Fsp3) is 0.714. The predicted molar refractivity (Wildman–Crippen MR) is 108 cm³/mol. The van der Waals surface area contributed by atoms with Crippen molar-refractivity contribution in [3.05, 3.63) is 34.6 Å². The molecule has 0 aliphatic carbocycles. The summed E-state index contributed by atoms with van der Waals surface area (Å²) in [5, 5.41) is 0. The van der Waals surface area contributed by atoms with Gasteiger partial charge < -0.3 is 13.3 Å². The Morgan fingerprint density at radius 3 is 1.47 bits per heavy atom. The maximum Gasteiger partial charge on any atom is 0.501 e. The maximum atomic E-state index is 13.7. The molecule has 0 aliphatic rings. The highest BCUT2D eigenvalue weighted by molar-refractivity contribution is 6.60. The Morgan fingerprint density at radius 1 is 0.633 bits per heavy atom. The van der Waals surface area contributed by atoms with Gasteiger partial charge in [0.1, 0.15) is 0 Å². The van der Waals surface area contributed by atoms with Gasteiger partial charge in [-0.2, -0.15) is 0 Å². The number of benzene rings is 1. The summed E-state index contributed by atoms with van der Waals surface area (Å²) < 4.78 is 84.4. The van der Waals surface area contributed by atoms with Crippen molar-refractivity contribution in [3.8, 4) is 0 Å². The van der Waals surface area contributed by atoms with Gasteiger partial charge >= 0.3 is 8.80 Å². The van der Waals surface area contributed by atoms with Crippen molar-refractivity contribution >= 4 is 8.80 Å². The molecular weight excluding hydrogens is 423 g/mol. The van der Waals surface area contributed by atoms with Gasteiger partial charge in [0.2, 0.25) is 5.82 Å². The maximum absolute atomic E-state index is 13.7. The van der Waals surface area contributed by atoms with Crippen molar-refractivity contribution in [1.29, 1.82) is 0 Å². The van der Waals surface area contributed by atoms with Crippen LogP contribution >= 0.6 is 0 Å². The highest BCUT2D eigenvalue weighted by Gasteiger charge is 2.41. The molecule has 0 heterocycles. The molecule has 0 amide bonds. The second-order valence-electron chi connectivity index (χ2n) is 7.89. The zero-order valence-corrected chi connectivity index (χ0v) is 19.4. The largest absolute Gasteiger partial charge is 0.501 e. The van der Waals surface area contributed by atoms with Gasteiger partial charge in [-0.15, -0.1) is 0 Å². The minimum Gasteiger partial charge on any atom is -0.377 e. The summed E-state index contributed by atoms with van der Waals surface area (Å²) in [5.74, 6) is -9.36. The van der Waals surface area contributed by atoms with Gasteiger partial charge in [-0.05, 0) is 47.0 Å². The molecule has 174 valence electrons. The first-order valence-corrected chi connectivity index (χ1v) is 12.4. The lowest BCUT2D eigenvalue weighted by molar-refractivity contribution is 0.0323. The number of hydrogen-bond acceptors (Lipinski definition) is 3. The van der Waals surface area contributed by atoms with Gasteiger partial charge in [0.15, 0.2) is 23.3 Å². The summed E-state index contributed by atoms with van der Waals surface area (Å²) in [7, 11) is -1.12. The summed E-state index contributed by atoms with van der Waals surface area (Å²) in [4.78, 5) is 0. The van der Waals surface area contributed by atoms with Gasteiger partial charge in [0, 0.05) is 30.9 Å². The molecule has 0 aromatic heterocycles. The van der Waals surface area contributed by atoms with Crippen LogP contribution < -0.4 is 0 Å². The molecular formula is C21H33F5O3Si. The zero-order valence-electron chi connectivity index (χ0n) is 18.4. The first-order chi connectivity index (χ1) is 14.0. The molecule has 3 nitrogen and oxygen atoms in total. The third kappa shape index (κ3) is 7.90. The van der Waals surface area contributed by atoms with E-state index in [4.69, 9.17) is 13.3 Å². The van der Waals surface area contributed by atoms with Crippen LogP contribution in [0.25, 0.3) is 0 Å². The van der Waals surface area contributed by atoms with Gasteiger partial charge in [0.25, 0.3) is 0 Å². The van der Waals surface area contributed by atoms with Crippen LogP contribution in [0.2, 0.25) is 6.04 Å². The Kier molecular flexibility index (Phi) is 11.5. The first-order valence-electron chi connectivity index (χ1n) is 10.5. The summed E-state index contributed by atoms with van der Waals surface area (Å²) in [5.41, 5.74) is -0.737. The monoisotopic (exact) mass is 456 g/mol. The van der Waals surface area contributed by atoms with E-state index in [9.17, 15) is 22.0 Å². The lowest BCUT2D eigenvalue weighted by Gasteiger charge is -2.31. The summed E-state index contributed by atoms with van der Waals surface area (Å²) >= 11 is 0. The number of hydrogen-bond donors (Lipinski definition) is 0. The van der Waals surface area contributed by atoms with E-state index < -0.39 is 43.5 Å². The van der Waals surface area contributed by atoms with Crippen LogP contribution in [0.15, 0.2) is 0 Å². The molecule has 1 rings (SSSR count). The van der Waals surface area contributed by atoms with Crippen molar-refractivity contribution in [2.45, 2.75) is 90.9 Å². The highest BCUT2D eigenvalue weighted by atomic mass is 28.4. The number of rotatable bonds is 14. The lowest BCUT2D eigenvalue weighted by atomic mass is 10.0. The van der Waals surface area contributed by atoms with Crippen LogP contribution in [-0.2, 0) is 19.7 Å². The van der Waals surface area contributed by atoms with Crippen LogP contribution in [0.5, 0.6) is 0 Å². The molecule has 0 aliphatic heterocycles. The molecule has 0 radical (unpaired) electrons. The normalized spacial score (nSPS) is 12.4. The molecule has 0 saturated heterocycles. The Morgan fingerprint density at radius 2 is 1.03 bits per heavy atom. The molecule has 1 aromatic carbocycles. The molecule has 9 heteroatoms. The van der Waals surface area contributed by atoms with E-state index in [0.717, 1.165) is 25.7 Å². The van der Waals surface area contributed by atoms with E-state index in [2.05, 4.69) is 0 Å². The van der Waals surface area contributed by atoms with E-state index in [1.165, 1.54) is 0 Å². The van der Waals surface area contributed by atoms with Gasteiger partial charge in [-0.25, -0.2) is 22.0 Å². The minimum atomic E-state index is -2.73. The highest BCUT2D eigenvalue weighted by Crippen LogP contribution is 2.25. The average Bonchev–Trinajstić information content (AvgIpc) is 2.68. The fourth-order valence-corrected chi connectivity index (χ4v) is 6.09. The standard InChI is InChI=1S/C21H33F5O3Si/c1-14(2)28-30(27-5,29-15(3)4)13-11-9-7-6-8-10-12-16-17(22)19(24)21(26)20(25)18(16)23/h14-15H,6-13H2,1-5H3. The topological polar surface area (TPSA) is 27.7 Å². The predicted octanol–water partition coefficient (Wildman–Crippen LogP) is 6.70. The quantitative estimate of drug-likeness (QED) is 0.102. The second kappa shape index (κ2) is 12.7. The lowest BCUT2D eigenvalue weighted by Crippen LogP contribution is -2.48. The Balaban J connectivity index is 2.40. The van der Waals surface area contributed by atoms with Crippen LogP contribution in [0.4, 0.5) is 22.0 Å². The Labute approximate surface area is 177 Å². The summed E-state index contributed by atoms with van der Waals surface area (Å²) in [6, 6.07) is 0.699. The Bertz CT molecular complexity index is 632. The zero-order chi connectivity index (χ0) is 22.9. The number of unbranched alkanes of at least 4 members (excludes halogenated alkanes) is 5. The summed E-state index contributed by atoms with van der Waals surface area (Å²) in [6.45, 7) is 7.76. The van der Waals surface area contributed by atoms with Gasteiger partial charge in [-0.3, -0.25) is 0 Å². The Hall–Kier alpha value is -1.03. The molecule has 0 spiro atoms. The molecule has 1 aromatic rings.